The lowest BCUT2D eigenvalue weighted by Crippen LogP contribution is -2.33. The van der Waals surface area contributed by atoms with E-state index in [1.54, 1.807) is 0 Å². The Kier molecular flexibility index (Phi) is 3.43. The topological polar surface area (TPSA) is 73.9 Å². The molecule has 0 radical (unpaired) electrons. The van der Waals surface area contributed by atoms with Gasteiger partial charge >= 0.3 is 6.18 Å². The summed E-state index contributed by atoms with van der Waals surface area (Å²) in [4.78, 5) is 15.0. The van der Waals surface area contributed by atoms with Crippen molar-refractivity contribution in [2.45, 2.75) is 12.3 Å². The van der Waals surface area contributed by atoms with Gasteiger partial charge in [0, 0.05) is 18.8 Å². The van der Waals surface area contributed by atoms with E-state index >= 15 is 0 Å². The Labute approximate surface area is 112 Å². The molecule has 108 valence electrons. The molecule has 1 amide bonds. The van der Waals surface area contributed by atoms with Crippen LogP contribution in [0.2, 0.25) is 0 Å². The monoisotopic (exact) mass is 288 g/mol. The van der Waals surface area contributed by atoms with Crippen molar-refractivity contribution in [3.05, 3.63) is 34.8 Å². The van der Waals surface area contributed by atoms with Gasteiger partial charge in [0.1, 0.15) is 17.6 Å². The Hall–Kier alpha value is -2.09. The fraction of sp³-hybridized carbons (Fsp3) is 0.333. The molecular formula is C12H11F3N2O3. The number of hydrogen-bond acceptors (Lipinski definition) is 4. The summed E-state index contributed by atoms with van der Waals surface area (Å²) in [6.07, 6.45) is -3.14. The molecule has 2 N–H and O–H groups in total. The van der Waals surface area contributed by atoms with Gasteiger partial charge in [-0.05, 0) is 6.08 Å². The summed E-state index contributed by atoms with van der Waals surface area (Å²) in [7, 11) is 2.67. The number of allylic oxidation sites excluding steroid dienone is 3. The molecule has 0 aromatic heterocycles. The molecule has 0 saturated heterocycles. The van der Waals surface area contributed by atoms with Gasteiger partial charge in [-0.3, -0.25) is 4.79 Å². The van der Waals surface area contributed by atoms with Crippen molar-refractivity contribution >= 4 is 11.6 Å². The van der Waals surface area contributed by atoms with E-state index < -0.39 is 29.5 Å². The molecule has 0 spiro atoms. The summed E-state index contributed by atoms with van der Waals surface area (Å²) in [5.74, 6) is -0.864. The second-order valence-electron chi connectivity index (χ2n) is 4.08. The van der Waals surface area contributed by atoms with Gasteiger partial charge in [-0.1, -0.05) is 0 Å². The van der Waals surface area contributed by atoms with Crippen molar-refractivity contribution in [1.82, 2.24) is 0 Å². The van der Waals surface area contributed by atoms with Gasteiger partial charge in [0.2, 0.25) is 0 Å². The van der Waals surface area contributed by atoms with Crippen molar-refractivity contribution in [3.63, 3.8) is 0 Å². The highest BCUT2D eigenvalue weighted by atomic mass is 19.4. The van der Waals surface area contributed by atoms with E-state index in [0.717, 1.165) is 0 Å². The number of ether oxygens (including phenoxy) is 2. The standard InChI is InChI=1S/C12H11F3N2O3/c1-19-7-3-5-6(4-8(7)20-2)17-11(18)10(16)9(5)12(13,14)15/h3-4,7H,16H2,1-2H3. The Morgan fingerprint density at radius 2 is 2.00 bits per heavy atom. The average Bonchev–Trinajstić information content (AvgIpc) is 2.37. The number of nitrogens with two attached hydrogens (primary N) is 1. The number of methoxy groups -OCH3 is 2. The molecule has 2 rings (SSSR count). The maximum Gasteiger partial charge on any atom is 0.419 e. The van der Waals surface area contributed by atoms with Crippen molar-refractivity contribution < 1.29 is 27.4 Å². The van der Waals surface area contributed by atoms with Crippen molar-refractivity contribution in [1.29, 1.82) is 0 Å². The molecule has 1 heterocycles. The van der Waals surface area contributed by atoms with Crippen LogP contribution in [0.4, 0.5) is 13.2 Å². The van der Waals surface area contributed by atoms with Crippen LogP contribution in [0.1, 0.15) is 0 Å². The average molecular weight is 288 g/mol. The number of aliphatic imine (C=N–C) groups is 1. The predicted molar refractivity (Wildman–Crippen MR) is 63.7 cm³/mol. The summed E-state index contributed by atoms with van der Waals surface area (Å²) >= 11 is 0. The largest absolute Gasteiger partial charge is 0.498 e. The molecular weight excluding hydrogens is 277 g/mol. The Balaban J connectivity index is 2.60. The minimum absolute atomic E-state index is 0.137. The third-order valence-electron chi connectivity index (χ3n) is 2.92. The quantitative estimate of drug-likeness (QED) is 0.829. The maximum atomic E-state index is 13.1. The number of dihydropyridines is 1. The van der Waals surface area contributed by atoms with E-state index in [9.17, 15) is 18.0 Å². The number of nitrogens with zero attached hydrogens (tertiary/aromatic N) is 1. The highest BCUT2D eigenvalue weighted by Crippen LogP contribution is 2.38. The minimum Gasteiger partial charge on any atom is -0.498 e. The fourth-order valence-corrected chi connectivity index (χ4v) is 2.00. The summed E-state index contributed by atoms with van der Waals surface area (Å²) in [6.45, 7) is 0. The Morgan fingerprint density at radius 1 is 1.35 bits per heavy atom. The van der Waals surface area contributed by atoms with Crippen LogP contribution in [0.15, 0.2) is 39.7 Å². The molecule has 0 saturated carbocycles. The zero-order valence-corrected chi connectivity index (χ0v) is 10.6. The number of carbonyl (C=O) groups is 1. The molecule has 1 atom stereocenters. The number of alkyl halides is 3. The van der Waals surface area contributed by atoms with Crippen LogP contribution >= 0.6 is 0 Å². The first-order chi connectivity index (χ1) is 9.29. The van der Waals surface area contributed by atoms with E-state index in [1.165, 1.54) is 26.4 Å². The van der Waals surface area contributed by atoms with E-state index in [-0.39, 0.29) is 17.0 Å². The van der Waals surface area contributed by atoms with Crippen molar-refractivity contribution in [2.24, 2.45) is 10.7 Å². The first-order valence-corrected chi connectivity index (χ1v) is 5.50. The molecule has 1 aliphatic carbocycles. The predicted octanol–water partition coefficient (Wildman–Crippen LogP) is 1.23. The Morgan fingerprint density at radius 3 is 2.50 bits per heavy atom. The van der Waals surface area contributed by atoms with E-state index in [4.69, 9.17) is 15.2 Å². The number of amides is 1. The molecule has 1 unspecified atom stereocenters. The van der Waals surface area contributed by atoms with Gasteiger partial charge in [-0.25, -0.2) is 4.99 Å². The third-order valence-corrected chi connectivity index (χ3v) is 2.92. The lowest BCUT2D eigenvalue weighted by atomic mass is 9.90. The van der Waals surface area contributed by atoms with Crippen molar-refractivity contribution in [3.8, 4) is 0 Å². The second-order valence-corrected chi connectivity index (χ2v) is 4.08. The zero-order chi connectivity index (χ0) is 15.1. The third kappa shape index (κ3) is 2.22. The van der Waals surface area contributed by atoms with Crippen LogP contribution in [-0.2, 0) is 14.3 Å². The zero-order valence-electron chi connectivity index (χ0n) is 10.6. The lowest BCUT2D eigenvalue weighted by molar-refractivity contribution is -0.116. The lowest BCUT2D eigenvalue weighted by Gasteiger charge is -2.27. The molecule has 20 heavy (non-hydrogen) atoms. The van der Waals surface area contributed by atoms with E-state index in [1.807, 2.05) is 0 Å². The van der Waals surface area contributed by atoms with Crippen LogP contribution in [0.5, 0.6) is 0 Å². The summed E-state index contributed by atoms with van der Waals surface area (Å²) in [5, 5.41) is 0. The summed E-state index contributed by atoms with van der Waals surface area (Å²) < 4.78 is 49.2. The molecule has 8 heteroatoms. The first-order valence-electron chi connectivity index (χ1n) is 5.50. The maximum absolute atomic E-state index is 13.1. The summed E-state index contributed by atoms with van der Waals surface area (Å²) in [6, 6.07) is 0. The van der Waals surface area contributed by atoms with E-state index in [2.05, 4.69) is 4.99 Å². The van der Waals surface area contributed by atoms with Gasteiger partial charge in [0.25, 0.3) is 5.91 Å². The fourth-order valence-electron chi connectivity index (χ4n) is 2.00. The molecule has 0 fully saturated rings. The summed E-state index contributed by atoms with van der Waals surface area (Å²) in [5.41, 5.74) is 2.71. The molecule has 2 aliphatic rings. The van der Waals surface area contributed by atoms with Crippen molar-refractivity contribution in [2.75, 3.05) is 14.2 Å². The Bertz CT molecular complexity index is 585. The van der Waals surface area contributed by atoms with Crippen LogP contribution in [-0.4, -0.2) is 38.1 Å². The van der Waals surface area contributed by atoms with Crippen LogP contribution in [0.25, 0.3) is 0 Å². The van der Waals surface area contributed by atoms with Crippen LogP contribution in [0, 0.1) is 0 Å². The molecule has 0 bridgehead atoms. The first kappa shape index (κ1) is 14.3. The van der Waals surface area contributed by atoms with Gasteiger partial charge in [0.05, 0.1) is 18.4 Å². The van der Waals surface area contributed by atoms with Gasteiger partial charge in [-0.15, -0.1) is 0 Å². The molecule has 0 aromatic rings. The second kappa shape index (κ2) is 4.78. The smallest absolute Gasteiger partial charge is 0.419 e. The molecule has 5 nitrogen and oxygen atoms in total. The molecule has 0 aromatic carbocycles. The van der Waals surface area contributed by atoms with Crippen LogP contribution < -0.4 is 5.73 Å². The number of fused-ring (bicyclic) bond motifs is 1. The minimum atomic E-state index is -4.76. The number of hydrogen-bond donors (Lipinski definition) is 1. The van der Waals surface area contributed by atoms with E-state index in [0.29, 0.717) is 0 Å². The van der Waals surface area contributed by atoms with Gasteiger partial charge < -0.3 is 15.2 Å². The van der Waals surface area contributed by atoms with Gasteiger partial charge in [-0.2, -0.15) is 13.2 Å². The van der Waals surface area contributed by atoms with Crippen LogP contribution in [0.3, 0.4) is 0 Å². The SMILES string of the molecule is COC1=CC2=NC(=O)C(N)=C(C(F)(F)F)C2=CC1OC. The number of rotatable bonds is 2. The number of halogens is 3. The van der Waals surface area contributed by atoms with Gasteiger partial charge in [0.15, 0.2) is 0 Å². The highest BCUT2D eigenvalue weighted by Gasteiger charge is 2.44. The normalized spacial score (nSPS) is 22.9. The highest BCUT2D eigenvalue weighted by molar-refractivity contribution is 6.22. The number of carbonyl (C=O) groups excluding carboxylic acids is 1. The molecule has 1 aliphatic heterocycles.